The zero-order valence-electron chi connectivity index (χ0n) is 4.08. The Labute approximate surface area is 69.2 Å². The van der Waals surface area contributed by atoms with E-state index in [9.17, 15) is 14.0 Å². The first kappa shape index (κ1) is 12.1. The molecule has 5 nitrogen and oxygen atoms in total. The maximum atomic E-state index is 9.40. The van der Waals surface area contributed by atoms with Crippen LogP contribution in [0, 0.1) is 0 Å². The third-order valence-corrected chi connectivity index (χ3v) is 1.54. The van der Waals surface area contributed by atoms with Gasteiger partial charge in [0.05, 0.1) is 0 Å². The summed E-state index contributed by atoms with van der Waals surface area (Å²) in [4.78, 5) is 17.0. The number of hydrogen-bond donors (Lipinski definition) is 1. The fourth-order valence-electron chi connectivity index (χ4n) is 0.0713. The largest absolute Gasteiger partial charge is 1.00 e. The normalized spacial score (nSPS) is 16.2. The number of hydrogen-bond acceptors (Lipinski definition) is 4. The van der Waals surface area contributed by atoms with E-state index in [1.807, 2.05) is 0 Å². The molecule has 0 rings (SSSR count). The standard InChI is InChI=1S/Na.H4O5P2/c;1-6(2)5-7(3)4/h;6-7H,(H,1,2)(H,3,4)/q+1;/p-1. The van der Waals surface area contributed by atoms with Crippen LogP contribution in [0.5, 0.6) is 0 Å². The average Bonchev–Trinajstić information content (AvgIpc) is 1.27. The van der Waals surface area contributed by atoms with E-state index in [1.54, 1.807) is 0 Å². The van der Waals surface area contributed by atoms with E-state index in [2.05, 4.69) is 4.31 Å². The monoisotopic (exact) mass is 168 g/mol. The van der Waals surface area contributed by atoms with Gasteiger partial charge in [-0.15, -0.1) is 0 Å². The van der Waals surface area contributed by atoms with E-state index in [0.717, 1.165) is 0 Å². The van der Waals surface area contributed by atoms with Crippen molar-refractivity contribution < 1.29 is 52.8 Å². The minimum atomic E-state index is -3.45. The molecule has 0 saturated heterocycles. The summed E-state index contributed by atoms with van der Waals surface area (Å²) in [5, 5.41) is 0. The molecule has 0 fully saturated rings. The van der Waals surface area contributed by atoms with Crippen LogP contribution in [0.15, 0.2) is 0 Å². The second-order valence-electron chi connectivity index (χ2n) is 0.618. The Morgan fingerprint density at radius 2 is 1.88 bits per heavy atom. The Hall–Kier alpha value is 1.34. The minimum Gasteiger partial charge on any atom is -0.781 e. The van der Waals surface area contributed by atoms with Crippen molar-refractivity contribution in [2.45, 2.75) is 0 Å². The topological polar surface area (TPSA) is 86.7 Å². The molecule has 0 spiro atoms. The third kappa shape index (κ3) is 10.3. The Kier molecular flexibility index (Phi) is 9.74. The van der Waals surface area contributed by atoms with Gasteiger partial charge in [-0.1, -0.05) is 0 Å². The Bertz CT molecular complexity index is 86.6. The van der Waals surface area contributed by atoms with Crippen LogP contribution in [0.3, 0.4) is 0 Å². The van der Waals surface area contributed by atoms with Gasteiger partial charge in [0.25, 0.3) is 0 Å². The first-order valence-corrected chi connectivity index (χ1v) is 3.73. The van der Waals surface area contributed by atoms with Crippen LogP contribution in [0.2, 0.25) is 0 Å². The second kappa shape index (κ2) is 6.46. The van der Waals surface area contributed by atoms with Gasteiger partial charge < -0.3 is 14.4 Å². The molecule has 0 amide bonds. The van der Waals surface area contributed by atoms with Crippen LogP contribution in [-0.4, -0.2) is 4.89 Å². The molecule has 8 heavy (non-hydrogen) atoms. The molecule has 0 aliphatic rings. The van der Waals surface area contributed by atoms with Crippen molar-refractivity contribution in [2.75, 3.05) is 0 Å². The zero-order chi connectivity index (χ0) is 5.86. The fourth-order valence-corrected chi connectivity index (χ4v) is 0.642. The third-order valence-electron chi connectivity index (χ3n) is 0.171. The van der Waals surface area contributed by atoms with Gasteiger partial charge in [-0.3, -0.25) is 8.88 Å². The van der Waals surface area contributed by atoms with Crippen LogP contribution in [-0.2, 0) is 13.4 Å². The Balaban J connectivity index is 0. The maximum Gasteiger partial charge on any atom is 1.00 e. The zero-order valence-corrected chi connectivity index (χ0v) is 8.08. The first-order valence-electron chi connectivity index (χ1n) is 1.24. The molecule has 0 aliphatic heterocycles. The van der Waals surface area contributed by atoms with Crippen molar-refractivity contribution >= 4 is 16.5 Å². The van der Waals surface area contributed by atoms with Crippen LogP contribution < -0.4 is 34.5 Å². The van der Waals surface area contributed by atoms with E-state index in [0.29, 0.717) is 0 Å². The molecule has 1 N–H and O–H groups in total. The molecule has 0 bridgehead atoms. The van der Waals surface area contributed by atoms with E-state index in [1.165, 1.54) is 0 Å². The van der Waals surface area contributed by atoms with Crippen molar-refractivity contribution in [1.29, 1.82) is 0 Å². The molecular formula is H3NaO5P2. The van der Waals surface area contributed by atoms with E-state index in [4.69, 9.17) is 4.89 Å². The summed E-state index contributed by atoms with van der Waals surface area (Å²) in [6.07, 6.45) is 0. The van der Waals surface area contributed by atoms with Crippen LogP contribution in [0.1, 0.15) is 0 Å². The molecule has 0 heterocycles. The van der Waals surface area contributed by atoms with Crippen LogP contribution in [0.4, 0.5) is 0 Å². The Morgan fingerprint density at radius 3 is 1.88 bits per heavy atom. The van der Waals surface area contributed by atoms with Crippen molar-refractivity contribution in [2.24, 2.45) is 0 Å². The minimum absolute atomic E-state index is 0. The van der Waals surface area contributed by atoms with Crippen molar-refractivity contribution in [1.82, 2.24) is 0 Å². The van der Waals surface area contributed by atoms with E-state index >= 15 is 0 Å². The molecule has 2 atom stereocenters. The molecule has 0 aromatic rings. The summed E-state index contributed by atoms with van der Waals surface area (Å²) in [7, 11) is -6.72. The molecule has 0 aromatic carbocycles. The Morgan fingerprint density at radius 1 is 1.50 bits per heavy atom. The molecule has 0 aliphatic carbocycles. The van der Waals surface area contributed by atoms with Crippen LogP contribution in [0.25, 0.3) is 0 Å². The van der Waals surface area contributed by atoms with Gasteiger partial charge in [0.2, 0.25) is 0 Å². The summed E-state index contributed by atoms with van der Waals surface area (Å²) < 4.78 is 22.1. The molecule has 0 aromatic heterocycles. The molecule has 44 valence electrons. The van der Waals surface area contributed by atoms with Gasteiger partial charge in [0.1, 0.15) is 8.25 Å². The average molecular weight is 168 g/mol. The predicted octanol–water partition coefficient (Wildman–Crippen LogP) is -3.86. The molecular weight excluding hydrogens is 165 g/mol. The summed E-state index contributed by atoms with van der Waals surface area (Å²) in [5.41, 5.74) is 0. The maximum absolute atomic E-state index is 9.40. The van der Waals surface area contributed by atoms with Gasteiger partial charge in [0, 0.05) is 0 Å². The van der Waals surface area contributed by atoms with E-state index in [-0.39, 0.29) is 29.6 Å². The van der Waals surface area contributed by atoms with Gasteiger partial charge in [-0.25, -0.2) is 0 Å². The molecule has 0 saturated carbocycles. The van der Waals surface area contributed by atoms with Gasteiger partial charge in [0.15, 0.2) is 0 Å². The van der Waals surface area contributed by atoms with Gasteiger partial charge in [-0.05, 0) is 0 Å². The quantitative estimate of drug-likeness (QED) is 0.336. The molecule has 0 radical (unpaired) electrons. The predicted molar refractivity (Wildman–Crippen MR) is 21.3 cm³/mol. The molecule has 8 heteroatoms. The smallest absolute Gasteiger partial charge is 0.781 e. The van der Waals surface area contributed by atoms with E-state index < -0.39 is 16.5 Å². The fraction of sp³-hybridized carbons (Fsp3) is 0. The van der Waals surface area contributed by atoms with Crippen LogP contribution >= 0.6 is 16.5 Å². The van der Waals surface area contributed by atoms with Gasteiger partial charge in [-0.2, -0.15) is 0 Å². The van der Waals surface area contributed by atoms with Crippen molar-refractivity contribution in [3.05, 3.63) is 0 Å². The van der Waals surface area contributed by atoms with Crippen molar-refractivity contribution in [3.8, 4) is 0 Å². The summed E-state index contributed by atoms with van der Waals surface area (Å²) >= 11 is 0. The summed E-state index contributed by atoms with van der Waals surface area (Å²) in [6.45, 7) is 0. The van der Waals surface area contributed by atoms with Gasteiger partial charge >= 0.3 is 37.8 Å². The SMILES string of the molecule is O=[PH]([O-])O[PH](=O)O.[Na+]. The summed E-state index contributed by atoms with van der Waals surface area (Å²) in [5.74, 6) is 0. The molecule has 2 unspecified atom stereocenters. The second-order valence-corrected chi connectivity index (χ2v) is 2.47. The summed E-state index contributed by atoms with van der Waals surface area (Å²) in [6, 6.07) is 0. The first-order chi connectivity index (χ1) is 3.13. The number of rotatable bonds is 2. The van der Waals surface area contributed by atoms with Crippen molar-refractivity contribution in [3.63, 3.8) is 0 Å².